The lowest BCUT2D eigenvalue weighted by Gasteiger charge is -2.34. The first-order valence-corrected chi connectivity index (χ1v) is 7.44. The predicted molar refractivity (Wildman–Crippen MR) is 77.4 cm³/mol. The summed E-state index contributed by atoms with van der Waals surface area (Å²) in [5.41, 5.74) is 0. The van der Waals surface area contributed by atoms with Crippen LogP contribution in [0.3, 0.4) is 0 Å². The number of aliphatic hydroxyl groups is 2. The first-order valence-electron chi connectivity index (χ1n) is 7.44. The van der Waals surface area contributed by atoms with Gasteiger partial charge in [0.25, 0.3) is 0 Å². The van der Waals surface area contributed by atoms with E-state index in [1.807, 2.05) is 0 Å². The van der Waals surface area contributed by atoms with Crippen LogP contribution in [0, 0.1) is 0 Å². The fourth-order valence-corrected chi connectivity index (χ4v) is 2.51. The van der Waals surface area contributed by atoms with Crippen molar-refractivity contribution < 1.29 is 10.2 Å². The van der Waals surface area contributed by atoms with Crippen molar-refractivity contribution in [3.63, 3.8) is 0 Å². The molecule has 1 aliphatic rings. The molecule has 6 heteroatoms. The molecule has 0 amide bonds. The minimum atomic E-state index is -0.653. The van der Waals surface area contributed by atoms with E-state index in [1.165, 1.54) is 0 Å². The number of rotatable bonds is 4. The second kappa shape index (κ2) is 10.5. The van der Waals surface area contributed by atoms with Gasteiger partial charge in [0.1, 0.15) is 0 Å². The largest absolute Gasteiger partial charge is 0.394 e. The minimum absolute atomic E-state index is 0.0367. The second-order valence-corrected chi connectivity index (χ2v) is 5.01. The lowest BCUT2D eigenvalue weighted by atomic mass is 10.1. The molecule has 1 heterocycles. The molecule has 6 nitrogen and oxygen atoms in total. The standard InChI is InChI=1S/C13H30N4O2/c1-2-12(13(19)11-18)17-9-7-15-5-3-14-4-6-16-8-10-17/h12-16,18-19H,2-11H2,1H3. The molecular weight excluding hydrogens is 244 g/mol. The topological polar surface area (TPSA) is 79.8 Å². The summed E-state index contributed by atoms with van der Waals surface area (Å²) < 4.78 is 0. The third-order valence-electron chi connectivity index (χ3n) is 3.63. The highest BCUT2D eigenvalue weighted by Crippen LogP contribution is 2.08. The average Bonchev–Trinajstić information content (AvgIpc) is 2.41. The summed E-state index contributed by atoms with van der Waals surface area (Å²) in [6.07, 6.45) is 0.197. The zero-order chi connectivity index (χ0) is 13.9. The smallest absolute Gasteiger partial charge is 0.0925 e. The monoisotopic (exact) mass is 274 g/mol. The Morgan fingerprint density at radius 1 is 0.947 bits per heavy atom. The van der Waals surface area contributed by atoms with E-state index in [2.05, 4.69) is 27.8 Å². The Balaban J connectivity index is 2.48. The van der Waals surface area contributed by atoms with E-state index >= 15 is 0 Å². The van der Waals surface area contributed by atoms with Crippen LogP contribution >= 0.6 is 0 Å². The SMILES string of the molecule is CCC(C(O)CO)N1CCNCCNCCNCC1. The highest BCUT2D eigenvalue weighted by atomic mass is 16.3. The zero-order valence-electron chi connectivity index (χ0n) is 12.1. The van der Waals surface area contributed by atoms with Gasteiger partial charge in [-0.15, -0.1) is 0 Å². The van der Waals surface area contributed by atoms with Gasteiger partial charge in [0.05, 0.1) is 12.7 Å². The molecule has 1 saturated heterocycles. The van der Waals surface area contributed by atoms with Crippen molar-refractivity contribution in [1.82, 2.24) is 20.9 Å². The van der Waals surface area contributed by atoms with Gasteiger partial charge in [0.15, 0.2) is 0 Å². The molecule has 1 fully saturated rings. The maximum atomic E-state index is 9.92. The zero-order valence-corrected chi connectivity index (χ0v) is 12.1. The molecule has 0 aromatic rings. The molecule has 0 aliphatic carbocycles. The lowest BCUT2D eigenvalue weighted by Crippen LogP contribution is -2.50. The van der Waals surface area contributed by atoms with Gasteiger partial charge in [-0.2, -0.15) is 0 Å². The van der Waals surface area contributed by atoms with Crippen LogP contribution in [-0.2, 0) is 0 Å². The molecule has 0 bridgehead atoms. The van der Waals surface area contributed by atoms with Crippen LogP contribution in [0.2, 0.25) is 0 Å². The van der Waals surface area contributed by atoms with Gasteiger partial charge in [-0.05, 0) is 6.42 Å². The van der Waals surface area contributed by atoms with E-state index in [4.69, 9.17) is 5.11 Å². The van der Waals surface area contributed by atoms with E-state index in [0.717, 1.165) is 58.8 Å². The summed E-state index contributed by atoms with van der Waals surface area (Å²) in [5, 5.41) is 29.2. The van der Waals surface area contributed by atoms with Crippen molar-refractivity contribution in [2.75, 3.05) is 59.0 Å². The maximum absolute atomic E-state index is 9.92. The van der Waals surface area contributed by atoms with E-state index in [0.29, 0.717) is 0 Å². The first kappa shape index (κ1) is 16.8. The summed E-state index contributed by atoms with van der Waals surface area (Å²) in [5.74, 6) is 0. The van der Waals surface area contributed by atoms with Crippen LogP contribution < -0.4 is 16.0 Å². The van der Waals surface area contributed by atoms with Gasteiger partial charge >= 0.3 is 0 Å². The molecule has 0 radical (unpaired) electrons. The molecule has 2 atom stereocenters. The molecule has 5 N–H and O–H groups in total. The van der Waals surface area contributed by atoms with Crippen molar-refractivity contribution >= 4 is 0 Å². The Hall–Kier alpha value is -0.240. The van der Waals surface area contributed by atoms with Crippen molar-refractivity contribution in [1.29, 1.82) is 0 Å². The molecule has 19 heavy (non-hydrogen) atoms. The van der Waals surface area contributed by atoms with Crippen LogP contribution in [0.1, 0.15) is 13.3 Å². The molecule has 2 unspecified atom stereocenters. The number of nitrogens with one attached hydrogen (secondary N) is 3. The first-order chi connectivity index (χ1) is 9.29. The second-order valence-electron chi connectivity index (χ2n) is 5.01. The fraction of sp³-hybridized carbons (Fsp3) is 1.00. The van der Waals surface area contributed by atoms with Gasteiger partial charge < -0.3 is 26.2 Å². The lowest BCUT2D eigenvalue weighted by molar-refractivity contribution is 0.00963. The number of hydrogen-bond donors (Lipinski definition) is 5. The van der Waals surface area contributed by atoms with Crippen molar-refractivity contribution in [3.05, 3.63) is 0 Å². The highest BCUT2D eigenvalue weighted by Gasteiger charge is 2.23. The molecule has 0 aromatic carbocycles. The molecule has 1 rings (SSSR count). The Labute approximate surface area is 116 Å². The quantitative estimate of drug-likeness (QED) is 0.416. The van der Waals surface area contributed by atoms with E-state index in [-0.39, 0.29) is 12.6 Å². The van der Waals surface area contributed by atoms with Crippen LogP contribution in [-0.4, -0.2) is 86.2 Å². The third kappa shape index (κ3) is 6.65. The van der Waals surface area contributed by atoms with E-state index < -0.39 is 6.10 Å². The Bertz CT molecular complexity index is 207. The molecular formula is C13H30N4O2. The van der Waals surface area contributed by atoms with Crippen LogP contribution in [0.4, 0.5) is 0 Å². The third-order valence-corrected chi connectivity index (χ3v) is 3.63. The average molecular weight is 274 g/mol. The summed E-state index contributed by atoms with van der Waals surface area (Å²) in [4.78, 5) is 2.27. The van der Waals surface area contributed by atoms with Gasteiger partial charge in [-0.1, -0.05) is 6.92 Å². The fourth-order valence-electron chi connectivity index (χ4n) is 2.51. The van der Waals surface area contributed by atoms with Gasteiger partial charge in [-0.3, -0.25) is 4.90 Å². The normalized spacial score (nSPS) is 24.2. The van der Waals surface area contributed by atoms with Gasteiger partial charge in [-0.25, -0.2) is 0 Å². The molecule has 0 aromatic heterocycles. The van der Waals surface area contributed by atoms with Crippen molar-refractivity contribution in [2.45, 2.75) is 25.5 Å². The minimum Gasteiger partial charge on any atom is -0.394 e. The van der Waals surface area contributed by atoms with Crippen LogP contribution in [0.25, 0.3) is 0 Å². The Kier molecular flexibility index (Phi) is 9.32. The highest BCUT2D eigenvalue weighted by molar-refractivity contribution is 4.79. The molecule has 114 valence electrons. The Morgan fingerprint density at radius 2 is 1.42 bits per heavy atom. The van der Waals surface area contributed by atoms with Crippen LogP contribution in [0.5, 0.6) is 0 Å². The summed E-state index contributed by atoms with van der Waals surface area (Å²) in [6.45, 7) is 9.42. The number of nitrogens with zero attached hydrogens (tertiary/aromatic N) is 1. The Morgan fingerprint density at radius 3 is 1.84 bits per heavy atom. The van der Waals surface area contributed by atoms with Crippen LogP contribution in [0.15, 0.2) is 0 Å². The van der Waals surface area contributed by atoms with Crippen molar-refractivity contribution in [3.8, 4) is 0 Å². The molecule has 0 saturated carbocycles. The van der Waals surface area contributed by atoms with Gasteiger partial charge in [0, 0.05) is 58.4 Å². The van der Waals surface area contributed by atoms with Crippen molar-refractivity contribution in [2.24, 2.45) is 0 Å². The summed E-state index contributed by atoms with van der Waals surface area (Å²) in [7, 11) is 0. The predicted octanol–water partition coefficient (Wildman–Crippen LogP) is -1.80. The maximum Gasteiger partial charge on any atom is 0.0925 e. The number of hydrogen-bond acceptors (Lipinski definition) is 6. The molecule has 1 aliphatic heterocycles. The van der Waals surface area contributed by atoms with E-state index in [1.54, 1.807) is 0 Å². The van der Waals surface area contributed by atoms with E-state index in [9.17, 15) is 5.11 Å². The number of aliphatic hydroxyl groups excluding tert-OH is 2. The summed E-state index contributed by atoms with van der Waals surface area (Å²) in [6, 6.07) is 0.0367. The summed E-state index contributed by atoms with van der Waals surface area (Å²) >= 11 is 0. The van der Waals surface area contributed by atoms with Gasteiger partial charge in [0.2, 0.25) is 0 Å². The molecule has 0 spiro atoms.